The number of rotatable bonds is 6. The Morgan fingerprint density at radius 2 is 1.85 bits per heavy atom. The first-order valence-electron chi connectivity index (χ1n) is 6.90. The lowest BCUT2D eigenvalue weighted by Gasteiger charge is -2.19. The standard InChI is InChI=1S/C17H19ClFN/c1-2-20-16(10-13-6-4-3-5-7-13)12-14-11-15(19)8-9-17(14)18/h3-9,11,16,20H,2,10,12H2,1H3. The van der Waals surface area contributed by atoms with Gasteiger partial charge in [-0.15, -0.1) is 0 Å². The second-order valence-corrected chi connectivity index (χ2v) is 5.29. The third-order valence-electron chi connectivity index (χ3n) is 3.29. The number of halogens is 2. The molecule has 0 aliphatic carbocycles. The summed E-state index contributed by atoms with van der Waals surface area (Å²) >= 11 is 6.15. The van der Waals surface area contributed by atoms with Gasteiger partial charge in [0, 0.05) is 11.1 Å². The van der Waals surface area contributed by atoms with E-state index in [1.165, 1.54) is 17.7 Å². The molecule has 0 spiro atoms. The smallest absolute Gasteiger partial charge is 0.123 e. The highest BCUT2D eigenvalue weighted by Gasteiger charge is 2.12. The van der Waals surface area contributed by atoms with Crippen molar-refractivity contribution in [2.45, 2.75) is 25.8 Å². The van der Waals surface area contributed by atoms with Crippen molar-refractivity contribution in [2.24, 2.45) is 0 Å². The van der Waals surface area contributed by atoms with E-state index < -0.39 is 0 Å². The van der Waals surface area contributed by atoms with Gasteiger partial charge in [-0.2, -0.15) is 0 Å². The monoisotopic (exact) mass is 291 g/mol. The molecular weight excluding hydrogens is 273 g/mol. The Balaban J connectivity index is 2.11. The summed E-state index contributed by atoms with van der Waals surface area (Å²) in [5.41, 5.74) is 2.12. The summed E-state index contributed by atoms with van der Waals surface area (Å²) in [7, 11) is 0. The molecule has 3 heteroatoms. The number of likely N-dealkylation sites (N-methyl/N-ethyl adjacent to an activating group) is 1. The van der Waals surface area contributed by atoms with E-state index in [2.05, 4.69) is 24.4 Å². The number of nitrogens with one attached hydrogen (secondary N) is 1. The molecule has 0 aliphatic rings. The lowest BCUT2D eigenvalue weighted by Crippen LogP contribution is -2.33. The van der Waals surface area contributed by atoms with Crippen LogP contribution in [-0.2, 0) is 12.8 Å². The van der Waals surface area contributed by atoms with E-state index in [0.29, 0.717) is 5.02 Å². The van der Waals surface area contributed by atoms with E-state index in [1.54, 1.807) is 6.07 Å². The van der Waals surface area contributed by atoms with Crippen molar-refractivity contribution in [2.75, 3.05) is 6.54 Å². The highest BCUT2D eigenvalue weighted by Crippen LogP contribution is 2.19. The van der Waals surface area contributed by atoms with Gasteiger partial charge in [-0.25, -0.2) is 4.39 Å². The molecule has 1 atom stereocenters. The van der Waals surface area contributed by atoms with Crippen LogP contribution >= 0.6 is 11.6 Å². The van der Waals surface area contributed by atoms with E-state index in [-0.39, 0.29) is 11.9 Å². The molecule has 0 fully saturated rings. The molecule has 20 heavy (non-hydrogen) atoms. The molecule has 1 N–H and O–H groups in total. The topological polar surface area (TPSA) is 12.0 Å². The molecule has 0 amide bonds. The van der Waals surface area contributed by atoms with Gasteiger partial charge in [-0.05, 0) is 48.7 Å². The summed E-state index contributed by atoms with van der Waals surface area (Å²) in [5.74, 6) is -0.237. The number of benzene rings is 2. The zero-order valence-electron chi connectivity index (χ0n) is 11.6. The lowest BCUT2D eigenvalue weighted by atomic mass is 9.99. The molecule has 2 aromatic carbocycles. The highest BCUT2D eigenvalue weighted by molar-refractivity contribution is 6.31. The zero-order chi connectivity index (χ0) is 14.4. The summed E-state index contributed by atoms with van der Waals surface area (Å²) in [6.07, 6.45) is 1.63. The first kappa shape index (κ1) is 15.0. The molecule has 0 aliphatic heterocycles. The number of hydrogen-bond acceptors (Lipinski definition) is 1. The molecule has 0 saturated heterocycles. The van der Waals surface area contributed by atoms with E-state index in [9.17, 15) is 4.39 Å². The van der Waals surface area contributed by atoms with Crippen LogP contribution in [0.3, 0.4) is 0 Å². The summed E-state index contributed by atoms with van der Waals surface area (Å²) in [6.45, 7) is 2.95. The van der Waals surface area contributed by atoms with Crippen molar-refractivity contribution < 1.29 is 4.39 Å². The summed E-state index contributed by atoms with van der Waals surface area (Å²) < 4.78 is 13.3. The Morgan fingerprint density at radius 1 is 1.10 bits per heavy atom. The van der Waals surface area contributed by atoms with Gasteiger partial charge < -0.3 is 5.32 Å². The third kappa shape index (κ3) is 4.32. The van der Waals surface area contributed by atoms with Crippen LogP contribution in [0.2, 0.25) is 5.02 Å². The Bertz CT molecular complexity index is 542. The first-order chi connectivity index (χ1) is 9.69. The van der Waals surface area contributed by atoms with Gasteiger partial charge in [0.1, 0.15) is 5.82 Å². The fraction of sp³-hybridized carbons (Fsp3) is 0.294. The van der Waals surface area contributed by atoms with Crippen LogP contribution in [0.25, 0.3) is 0 Å². The molecule has 0 bridgehead atoms. The number of hydrogen-bond donors (Lipinski definition) is 1. The second-order valence-electron chi connectivity index (χ2n) is 4.88. The molecule has 106 valence electrons. The van der Waals surface area contributed by atoms with Gasteiger partial charge in [0.15, 0.2) is 0 Å². The Morgan fingerprint density at radius 3 is 2.55 bits per heavy atom. The van der Waals surface area contributed by atoms with E-state index in [0.717, 1.165) is 24.9 Å². The molecule has 0 radical (unpaired) electrons. The van der Waals surface area contributed by atoms with Crippen LogP contribution in [-0.4, -0.2) is 12.6 Å². The third-order valence-corrected chi connectivity index (χ3v) is 3.66. The molecule has 2 aromatic rings. The fourth-order valence-electron chi connectivity index (χ4n) is 2.37. The predicted molar refractivity (Wildman–Crippen MR) is 82.7 cm³/mol. The van der Waals surface area contributed by atoms with Crippen molar-refractivity contribution in [3.8, 4) is 0 Å². The van der Waals surface area contributed by atoms with Gasteiger partial charge in [-0.1, -0.05) is 48.9 Å². The van der Waals surface area contributed by atoms with Crippen LogP contribution in [0.15, 0.2) is 48.5 Å². The molecule has 0 aromatic heterocycles. The van der Waals surface area contributed by atoms with Crippen LogP contribution in [0.5, 0.6) is 0 Å². The average molecular weight is 292 g/mol. The van der Waals surface area contributed by atoms with Gasteiger partial charge in [0.25, 0.3) is 0 Å². The van der Waals surface area contributed by atoms with Crippen LogP contribution in [0, 0.1) is 5.82 Å². The summed E-state index contributed by atoms with van der Waals surface area (Å²) in [5, 5.41) is 4.07. The van der Waals surface area contributed by atoms with Crippen LogP contribution in [0.4, 0.5) is 4.39 Å². The largest absolute Gasteiger partial charge is 0.314 e. The van der Waals surface area contributed by atoms with Gasteiger partial charge >= 0.3 is 0 Å². The average Bonchev–Trinajstić information content (AvgIpc) is 2.44. The summed E-state index contributed by atoms with van der Waals surface area (Å²) in [6, 6.07) is 15.1. The summed E-state index contributed by atoms with van der Waals surface area (Å²) in [4.78, 5) is 0. The van der Waals surface area contributed by atoms with E-state index >= 15 is 0 Å². The molecule has 0 heterocycles. The molecule has 1 nitrogen and oxygen atoms in total. The minimum absolute atomic E-state index is 0.237. The predicted octanol–water partition coefficient (Wildman–Crippen LogP) is 4.24. The van der Waals surface area contributed by atoms with E-state index in [4.69, 9.17) is 11.6 Å². The van der Waals surface area contributed by atoms with Crippen molar-refractivity contribution in [3.63, 3.8) is 0 Å². The normalized spacial score (nSPS) is 12.3. The molecule has 0 saturated carbocycles. The minimum atomic E-state index is -0.237. The molecule has 1 unspecified atom stereocenters. The van der Waals surface area contributed by atoms with Gasteiger partial charge in [0.05, 0.1) is 0 Å². The minimum Gasteiger partial charge on any atom is -0.314 e. The molecular formula is C17H19ClFN. The van der Waals surface area contributed by atoms with Gasteiger partial charge in [0.2, 0.25) is 0 Å². The van der Waals surface area contributed by atoms with Crippen LogP contribution < -0.4 is 5.32 Å². The van der Waals surface area contributed by atoms with Crippen molar-refractivity contribution in [3.05, 3.63) is 70.5 Å². The Labute approximate surface area is 124 Å². The van der Waals surface area contributed by atoms with Crippen molar-refractivity contribution >= 4 is 11.6 Å². The first-order valence-corrected chi connectivity index (χ1v) is 7.28. The maximum Gasteiger partial charge on any atom is 0.123 e. The second kappa shape index (κ2) is 7.41. The van der Waals surface area contributed by atoms with Crippen molar-refractivity contribution in [1.82, 2.24) is 5.32 Å². The maximum absolute atomic E-state index is 13.3. The fourth-order valence-corrected chi connectivity index (χ4v) is 2.56. The Kier molecular flexibility index (Phi) is 5.57. The lowest BCUT2D eigenvalue weighted by molar-refractivity contribution is 0.519. The van der Waals surface area contributed by atoms with Gasteiger partial charge in [-0.3, -0.25) is 0 Å². The molecule has 2 rings (SSSR count). The zero-order valence-corrected chi connectivity index (χ0v) is 12.3. The maximum atomic E-state index is 13.3. The van der Waals surface area contributed by atoms with Crippen LogP contribution in [0.1, 0.15) is 18.1 Å². The quantitative estimate of drug-likeness (QED) is 0.839. The SMILES string of the molecule is CCNC(Cc1ccccc1)Cc1cc(F)ccc1Cl. The van der Waals surface area contributed by atoms with Crippen molar-refractivity contribution in [1.29, 1.82) is 0 Å². The van der Waals surface area contributed by atoms with E-state index in [1.807, 2.05) is 18.2 Å². The Hall–Kier alpha value is -1.38. The highest BCUT2D eigenvalue weighted by atomic mass is 35.5.